The minimum Gasteiger partial charge on any atom is -0.454 e. The van der Waals surface area contributed by atoms with Gasteiger partial charge in [-0.3, -0.25) is 4.79 Å². The molecule has 0 aromatic heterocycles. The Hall–Kier alpha value is -1.75. The lowest BCUT2D eigenvalue weighted by Crippen LogP contribution is -2.28. The smallest absolute Gasteiger partial charge is 0.231 e. The van der Waals surface area contributed by atoms with Crippen molar-refractivity contribution in [3.05, 3.63) is 23.8 Å². The fourth-order valence-electron chi connectivity index (χ4n) is 2.06. The lowest BCUT2D eigenvalue weighted by Gasteiger charge is -2.08. The molecule has 0 bridgehead atoms. The van der Waals surface area contributed by atoms with E-state index in [1.54, 1.807) is 0 Å². The van der Waals surface area contributed by atoms with Crippen LogP contribution in [0.3, 0.4) is 0 Å². The number of hydrogen-bond acceptors (Lipinski definition) is 4. The molecule has 2 N–H and O–H groups in total. The van der Waals surface area contributed by atoms with Crippen LogP contribution in [0.5, 0.6) is 11.5 Å². The summed E-state index contributed by atoms with van der Waals surface area (Å²) >= 11 is 0. The topological polar surface area (TPSA) is 59.6 Å². The Kier molecular flexibility index (Phi) is 5.87. The van der Waals surface area contributed by atoms with Gasteiger partial charge in [-0.15, -0.1) is 0 Å². The van der Waals surface area contributed by atoms with Crippen molar-refractivity contribution < 1.29 is 14.3 Å². The van der Waals surface area contributed by atoms with E-state index >= 15 is 0 Å². The Morgan fingerprint density at radius 3 is 2.86 bits per heavy atom. The number of ether oxygens (including phenoxy) is 2. The SMILES string of the molecule is CC(C)CCNCCC(=O)NCc1ccc2c(c1)OCO2. The van der Waals surface area contributed by atoms with E-state index in [2.05, 4.69) is 24.5 Å². The van der Waals surface area contributed by atoms with E-state index in [1.165, 1.54) is 0 Å². The Labute approximate surface area is 126 Å². The van der Waals surface area contributed by atoms with Gasteiger partial charge in [-0.25, -0.2) is 0 Å². The van der Waals surface area contributed by atoms with Crippen molar-refractivity contribution in [3.8, 4) is 11.5 Å². The van der Waals surface area contributed by atoms with Crippen LogP contribution in [0.15, 0.2) is 18.2 Å². The molecule has 0 atom stereocenters. The molecule has 116 valence electrons. The van der Waals surface area contributed by atoms with Crippen LogP contribution in [0.4, 0.5) is 0 Å². The number of fused-ring (bicyclic) bond motifs is 1. The first kappa shape index (κ1) is 15.6. The Balaban J connectivity index is 1.62. The molecule has 1 amide bonds. The molecule has 0 radical (unpaired) electrons. The molecule has 1 heterocycles. The standard InChI is InChI=1S/C16H24N2O3/c1-12(2)5-7-17-8-6-16(19)18-10-13-3-4-14-15(9-13)21-11-20-14/h3-4,9,12,17H,5-8,10-11H2,1-2H3,(H,18,19). The van der Waals surface area contributed by atoms with Crippen molar-refractivity contribution in [2.24, 2.45) is 5.92 Å². The van der Waals surface area contributed by atoms with Crippen LogP contribution in [0, 0.1) is 5.92 Å². The normalized spacial score (nSPS) is 12.7. The molecule has 0 unspecified atom stereocenters. The highest BCUT2D eigenvalue weighted by Crippen LogP contribution is 2.32. The first-order valence-electron chi connectivity index (χ1n) is 7.51. The third-order valence-electron chi connectivity index (χ3n) is 3.35. The number of hydrogen-bond donors (Lipinski definition) is 2. The van der Waals surface area contributed by atoms with E-state index in [4.69, 9.17) is 9.47 Å². The second kappa shape index (κ2) is 7.88. The van der Waals surface area contributed by atoms with Crippen LogP contribution in [-0.2, 0) is 11.3 Å². The van der Waals surface area contributed by atoms with E-state index < -0.39 is 0 Å². The van der Waals surface area contributed by atoms with Gasteiger partial charge in [0.15, 0.2) is 11.5 Å². The number of rotatable bonds is 8. The summed E-state index contributed by atoms with van der Waals surface area (Å²) in [5, 5.41) is 6.20. The number of carbonyl (C=O) groups is 1. The molecule has 0 saturated carbocycles. The minimum absolute atomic E-state index is 0.0599. The van der Waals surface area contributed by atoms with Gasteiger partial charge in [0, 0.05) is 19.5 Å². The molecule has 5 nitrogen and oxygen atoms in total. The van der Waals surface area contributed by atoms with Crippen molar-refractivity contribution in [2.45, 2.75) is 33.2 Å². The van der Waals surface area contributed by atoms with Crippen molar-refractivity contribution in [2.75, 3.05) is 19.9 Å². The second-order valence-electron chi connectivity index (χ2n) is 5.65. The summed E-state index contributed by atoms with van der Waals surface area (Å²) in [6.45, 7) is 6.86. The summed E-state index contributed by atoms with van der Waals surface area (Å²) in [5.74, 6) is 2.26. The van der Waals surface area contributed by atoms with Gasteiger partial charge < -0.3 is 20.1 Å². The maximum absolute atomic E-state index is 11.7. The molecule has 1 aliphatic rings. The fourth-order valence-corrected chi connectivity index (χ4v) is 2.06. The summed E-state index contributed by atoms with van der Waals surface area (Å²) in [5.41, 5.74) is 1.01. The van der Waals surface area contributed by atoms with E-state index in [9.17, 15) is 4.79 Å². The summed E-state index contributed by atoms with van der Waals surface area (Å²) in [7, 11) is 0. The van der Waals surface area contributed by atoms with Gasteiger partial charge in [-0.05, 0) is 36.6 Å². The fraction of sp³-hybridized carbons (Fsp3) is 0.562. The quantitative estimate of drug-likeness (QED) is 0.720. The third kappa shape index (κ3) is 5.27. The van der Waals surface area contributed by atoms with E-state index in [0.717, 1.165) is 36.6 Å². The maximum atomic E-state index is 11.7. The van der Waals surface area contributed by atoms with Gasteiger partial charge >= 0.3 is 0 Å². The van der Waals surface area contributed by atoms with Gasteiger partial charge in [0.1, 0.15) is 0 Å². The van der Waals surface area contributed by atoms with Crippen molar-refractivity contribution in [3.63, 3.8) is 0 Å². The van der Waals surface area contributed by atoms with Crippen LogP contribution in [-0.4, -0.2) is 25.8 Å². The van der Waals surface area contributed by atoms with Crippen molar-refractivity contribution >= 4 is 5.91 Å². The average molecular weight is 292 g/mol. The molecule has 21 heavy (non-hydrogen) atoms. The number of benzene rings is 1. The van der Waals surface area contributed by atoms with E-state index in [0.29, 0.717) is 18.9 Å². The highest BCUT2D eigenvalue weighted by atomic mass is 16.7. The monoisotopic (exact) mass is 292 g/mol. The summed E-state index contributed by atoms with van der Waals surface area (Å²) in [6, 6.07) is 5.72. The summed E-state index contributed by atoms with van der Waals surface area (Å²) < 4.78 is 10.6. The Bertz CT molecular complexity index is 475. The predicted octanol–water partition coefficient (Wildman–Crippen LogP) is 2.06. The first-order chi connectivity index (χ1) is 10.1. The van der Waals surface area contributed by atoms with Crippen LogP contribution >= 0.6 is 0 Å². The number of nitrogens with one attached hydrogen (secondary N) is 2. The highest BCUT2D eigenvalue weighted by Gasteiger charge is 2.13. The minimum atomic E-state index is 0.0599. The Morgan fingerprint density at radius 2 is 2.05 bits per heavy atom. The van der Waals surface area contributed by atoms with E-state index in [1.807, 2.05) is 18.2 Å². The molecule has 1 aromatic carbocycles. The summed E-state index contributed by atoms with van der Waals surface area (Å²) in [4.78, 5) is 11.7. The van der Waals surface area contributed by atoms with Crippen LogP contribution in [0.2, 0.25) is 0 Å². The number of amides is 1. The van der Waals surface area contributed by atoms with Gasteiger partial charge in [0.2, 0.25) is 12.7 Å². The highest BCUT2D eigenvalue weighted by molar-refractivity contribution is 5.76. The third-order valence-corrected chi connectivity index (χ3v) is 3.35. The zero-order valence-corrected chi connectivity index (χ0v) is 12.8. The van der Waals surface area contributed by atoms with Crippen molar-refractivity contribution in [1.29, 1.82) is 0 Å². The largest absolute Gasteiger partial charge is 0.454 e. The average Bonchev–Trinajstić information content (AvgIpc) is 2.92. The zero-order chi connectivity index (χ0) is 15.1. The van der Waals surface area contributed by atoms with E-state index in [-0.39, 0.29) is 12.7 Å². The van der Waals surface area contributed by atoms with Crippen LogP contribution < -0.4 is 20.1 Å². The maximum Gasteiger partial charge on any atom is 0.231 e. The lowest BCUT2D eigenvalue weighted by atomic mass is 10.1. The van der Waals surface area contributed by atoms with Gasteiger partial charge in [0.05, 0.1) is 0 Å². The molecular formula is C16H24N2O3. The molecule has 0 aliphatic carbocycles. The van der Waals surface area contributed by atoms with Gasteiger partial charge in [0.25, 0.3) is 0 Å². The van der Waals surface area contributed by atoms with Gasteiger partial charge in [-0.1, -0.05) is 19.9 Å². The molecule has 0 fully saturated rings. The zero-order valence-electron chi connectivity index (χ0n) is 12.8. The Morgan fingerprint density at radius 1 is 1.24 bits per heavy atom. The molecular weight excluding hydrogens is 268 g/mol. The summed E-state index contributed by atoms with van der Waals surface area (Å²) in [6.07, 6.45) is 1.64. The first-order valence-corrected chi connectivity index (χ1v) is 7.51. The van der Waals surface area contributed by atoms with Crippen molar-refractivity contribution in [1.82, 2.24) is 10.6 Å². The molecule has 5 heteroatoms. The number of carbonyl (C=O) groups excluding carboxylic acids is 1. The lowest BCUT2D eigenvalue weighted by molar-refractivity contribution is -0.121. The van der Waals surface area contributed by atoms with Gasteiger partial charge in [-0.2, -0.15) is 0 Å². The molecule has 0 saturated heterocycles. The predicted molar refractivity (Wildman–Crippen MR) is 81.4 cm³/mol. The van der Waals surface area contributed by atoms with Crippen LogP contribution in [0.1, 0.15) is 32.3 Å². The molecule has 0 spiro atoms. The molecule has 1 aliphatic heterocycles. The molecule has 1 aromatic rings. The molecule has 2 rings (SSSR count). The second-order valence-corrected chi connectivity index (χ2v) is 5.65. The van der Waals surface area contributed by atoms with Crippen LogP contribution in [0.25, 0.3) is 0 Å².